The summed E-state index contributed by atoms with van der Waals surface area (Å²) in [7, 11) is 0. The molecular weight excluding hydrogens is 510 g/mol. The third-order valence-electron chi connectivity index (χ3n) is 6.80. The molecule has 0 saturated carbocycles. The molecule has 0 bridgehead atoms. The number of nitrogens with one attached hydrogen (secondary N) is 3. The Morgan fingerprint density at radius 1 is 1.11 bits per heavy atom. The van der Waals surface area contributed by atoms with Crippen molar-refractivity contribution in [3.63, 3.8) is 0 Å². The summed E-state index contributed by atoms with van der Waals surface area (Å²) in [4.78, 5) is 16.7. The Kier molecular flexibility index (Phi) is 9.28. The predicted molar refractivity (Wildman–Crippen MR) is 138 cm³/mol. The second-order valence-corrected chi connectivity index (χ2v) is 9.98. The van der Waals surface area contributed by atoms with Gasteiger partial charge in [-0.2, -0.15) is 13.2 Å². The number of amides is 1. The van der Waals surface area contributed by atoms with Crippen molar-refractivity contribution in [3.8, 4) is 0 Å². The molecule has 2 aliphatic heterocycles. The van der Waals surface area contributed by atoms with Crippen LogP contribution in [0.1, 0.15) is 35.2 Å². The lowest BCUT2D eigenvalue weighted by atomic mass is 10.1. The van der Waals surface area contributed by atoms with Crippen LogP contribution in [0.15, 0.2) is 36.4 Å². The first kappa shape index (κ1) is 27.6. The summed E-state index contributed by atoms with van der Waals surface area (Å²) in [6.45, 7) is 4.24. The molecule has 0 unspecified atom stereocenters. The van der Waals surface area contributed by atoms with Gasteiger partial charge in [0.25, 0.3) is 5.91 Å². The van der Waals surface area contributed by atoms with Gasteiger partial charge in [-0.25, -0.2) is 4.39 Å². The van der Waals surface area contributed by atoms with Crippen LogP contribution in [0.25, 0.3) is 0 Å². The number of halogens is 5. The van der Waals surface area contributed by atoms with Crippen molar-refractivity contribution in [2.45, 2.75) is 38.0 Å². The molecule has 11 heteroatoms. The van der Waals surface area contributed by atoms with Crippen molar-refractivity contribution in [2.75, 3.05) is 56.0 Å². The molecule has 6 nitrogen and oxygen atoms in total. The van der Waals surface area contributed by atoms with Gasteiger partial charge < -0.3 is 20.9 Å². The second-order valence-electron chi connectivity index (χ2n) is 9.55. The fourth-order valence-corrected chi connectivity index (χ4v) is 4.87. The van der Waals surface area contributed by atoms with Gasteiger partial charge in [0, 0.05) is 56.9 Å². The van der Waals surface area contributed by atoms with Crippen LogP contribution in [-0.2, 0) is 6.54 Å². The van der Waals surface area contributed by atoms with Crippen LogP contribution in [0.5, 0.6) is 0 Å². The molecule has 2 aromatic carbocycles. The van der Waals surface area contributed by atoms with Gasteiger partial charge in [-0.1, -0.05) is 17.7 Å². The average molecular weight is 542 g/mol. The Morgan fingerprint density at radius 3 is 2.57 bits per heavy atom. The lowest BCUT2D eigenvalue weighted by Crippen LogP contribution is -2.47. The summed E-state index contributed by atoms with van der Waals surface area (Å²) in [6.07, 6.45) is -2.85. The van der Waals surface area contributed by atoms with Crippen LogP contribution in [0, 0.1) is 5.82 Å². The van der Waals surface area contributed by atoms with E-state index in [2.05, 4.69) is 16.0 Å². The fraction of sp³-hybridized carbons (Fsp3) is 0.500. The van der Waals surface area contributed by atoms with Crippen molar-refractivity contribution in [1.82, 2.24) is 15.5 Å². The van der Waals surface area contributed by atoms with Crippen molar-refractivity contribution >= 4 is 28.9 Å². The van der Waals surface area contributed by atoms with Gasteiger partial charge in [0.05, 0.1) is 23.4 Å². The quantitative estimate of drug-likeness (QED) is 0.425. The third-order valence-corrected chi connectivity index (χ3v) is 7.04. The lowest BCUT2D eigenvalue weighted by molar-refractivity contribution is -0.138. The van der Waals surface area contributed by atoms with Gasteiger partial charge in [-0.3, -0.25) is 9.69 Å². The molecule has 0 aliphatic carbocycles. The van der Waals surface area contributed by atoms with E-state index in [1.165, 1.54) is 12.1 Å². The first-order valence-electron chi connectivity index (χ1n) is 12.6. The smallest absolute Gasteiger partial charge is 0.367 e. The third kappa shape index (κ3) is 8.04. The van der Waals surface area contributed by atoms with E-state index in [0.717, 1.165) is 31.5 Å². The number of nitrogens with zero attached hydrogens (tertiary/aromatic N) is 2. The number of rotatable bonds is 8. The van der Waals surface area contributed by atoms with Gasteiger partial charge in [0.2, 0.25) is 0 Å². The molecule has 0 radical (unpaired) electrons. The molecule has 4 rings (SSSR count). The zero-order chi connectivity index (χ0) is 26.4. The molecule has 2 saturated heterocycles. The minimum Gasteiger partial charge on any atom is -0.367 e. The molecule has 2 aromatic rings. The zero-order valence-electron chi connectivity index (χ0n) is 20.5. The standard InChI is InChI=1S/C26H32ClF4N5O/c27-19-4-6-23(24(15-19)36-12-10-35(11-13-36)9-7-26(29,30)31)34-25(37)21-5-3-18(14-22(21)28)16-33-20-2-1-8-32-17-20/h3-6,14-15,20,32-33H,1-2,7-13,16-17H2,(H,34,37)/t20-/m0/s1. The number of hydrogen-bond acceptors (Lipinski definition) is 5. The van der Waals surface area contributed by atoms with E-state index in [4.69, 9.17) is 11.6 Å². The van der Waals surface area contributed by atoms with Gasteiger partial charge in [0.1, 0.15) is 5.82 Å². The van der Waals surface area contributed by atoms with E-state index >= 15 is 0 Å². The molecule has 202 valence electrons. The summed E-state index contributed by atoms with van der Waals surface area (Å²) in [6, 6.07) is 9.93. The van der Waals surface area contributed by atoms with E-state index in [1.807, 2.05) is 4.90 Å². The normalized spacial score (nSPS) is 19.2. The van der Waals surface area contributed by atoms with Crippen molar-refractivity contribution in [1.29, 1.82) is 0 Å². The number of piperazine rings is 1. The molecule has 37 heavy (non-hydrogen) atoms. The topological polar surface area (TPSA) is 59.6 Å². The molecule has 2 heterocycles. The zero-order valence-corrected chi connectivity index (χ0v) is 21.3. The number of anilines is 2. The predicted octanol–water partition coefficient (Wildman–Crippen LogP) is 4.65. The molecule has 0 aromatic heterocycles. The number of carbonyl (C=O) groups is 1. The van der Waals surface area contributed by atoms with Gasteiger partial charge in [0.15, 0.2) is 0 Å². The number of piperidine rings is 1. The highest BCUT2D eigenvalue weighted by Gasteiger charge is 2.29. The highest BCUT2D eigenvalue weighted by molar-refractivity contribution is 6.31. The van der Waals surface area contributed by atoms with Gasteiger partial charge in [-0.15, -0.1) is 0 Å². The number of hydrogen-bond donors (Lipinski definition) is 3. The largest absolute Gasteiger partial charge is 0.390 e. The van der Waals surface area contributed by atoms with Gasteiger partial charge in [-0.05, 0) is 55.3 Å². The SMILES string of the molecule is O=C(Nc1ccc(Cl)cc1N1CCN(CCC(F)(F)F)CC1)c1ccc(CN[C@H]2CCCNC2)cc1F. The minimum atomic E-state index is -4.18. The van der Waals surface area contributed by atoms with Crippen LogP contribution >= 0.6 is 11.6 Å². The first-order valence-corrected chi connectivity index (χ1v) is 12.9. The maximum absolute atomic E-state index is 14.9. The Bertz CT molecular complexity index is 1070. The first-order chi connectivity index (χ1) is 17.7. The fourth-order valence-electron chi connectivity index (χ4n) is 4.70. The van der Waals surface area contributed by atoms with E-state index < -0.39 is 24.3 Å². The molecule has 2 aliphatic rings. The maximum Gasteiger partial charge on any atom is 0.390 e. The molecule has 3 N–H and O–H groups in total. The Morgan fingerprint density at radius 2 is 1.89 bits per heavy atom. The van der Waals surface area contributed by atoms with Gasteiger partial charge >= 0.3 is 6.18 Å². The molecule has 0 spiro atoms. The minimum absolute atomic E-state index is 0.0428. The number of alkyl halides is 3. The van der Waals surface area contributed by atoms with E-state index in [9.17, 15) is 22.4 Å². The van der Waals surface area contributed by atoms with E-state index in [0.29, 0.717) is 55.2 Å². The molecule has 1 atom stereocenters. The molecule has 1 amide bonds. The summed E-state index contributed by atoms with van der Waals surface area (Å²) in [5.74, 6) is -1.19. The van der Waals surface area contributed by atoms with E-state index in [-0.39, 0.29) is 12.1 Å². The Labute approximate surface area is 219 Å². The summed E-state index contributed by atoms with van der Waals surface area (Å²) >= 11 is 6.20. The highest BCUT2D eigenvalue weighted by atomic mass is 35.5. The van der Waals surface area contributed by atoms with Crippen LogP contribution in [0.3, 0.4) is 0 Å². The maximum atomic E-state index is 14.9. The van der Waals surface area contributed by atoms with Crippen molar-refractivity contribution in [2.24, 2.45) is 0 Å². The molecule has 2 fully saturated rings. The molecular formula is C26H32ClF4N5O. The van der Waals surface area contributed by atoms with Crippen LogP contribution in [-0.4, -0.2) is 68.8 Å². The Balaban J connectivity index is 1.38. The summed E-state index contributed by atoms with van der Waals surface area (Å²) in [5, 5.41) is 9.99. The second kappa shape index (κ2) is 12.4. The summed E-state index contributed by atoms with van der Waals surface area (Å²) < 4.78 is 52.5. The monoisotopic (exact) mass is 541 g/mol. The summed E-state index contributed by atoms with van der Waals surface area (Å²) in [5.41, 5.74) is 1.81. The average Bonchev–Trinajstić information content (AvgIpc) is 2.88. The van der Waals surface area contributed by atoms with Crippen LogP contribution in [0.4, 0.5) is 28.9 Å². The van der Waals surface area contributed by atoms with Crippen LogP contribution in [0.2, 0.25) is 5.02 Å². The lowest BCUT2D eigenvalue weighted by Gasteiger charge is -2.37. The number of benzene rings is 2. The van der Waals surface area contributed by atoms with Crippen molar-refractivity contribution < 1.29 is 22.4 Å². The number of carbonyl (C=O) groups excluding carboxylic acids is 1. The Hall–Kier alpha value is -2.40. The van der Waals surface area contributed by atoms with Crippen molar-refractivity contribution in [3.05, 3.63) is 58.4 Å². The highest BCUT2D eigenvalue weighted by Crippen LogP contribution is 2.31. The van der Waals surface area contributed by atoms with Crippen LogP contribution < -0.4 is 20.9 Å². The van der Waals surface area contributed by atoms with E-state index in [1.54, 1.807) is 29.2 Å².